The zero-order chi connectivity index (χ0) is 15.7. The molecule has 1 aromatic heterocycles. The molecule has 0 bridgehead atoms. The summed E-state index contributed by atoms with van der Waals surface area (Å²) >= 11 is 0. The molecule has 2 aliphatic heterocycles. The lowest BCUT2D eigenvalue weighted by Gasteiger charge is -2.34. The molecule has 22 heavy (non-hydrogen) atoms. The van der Waals surface area contributed by atoms with Crippen molar-refractivity contribution in [2.24, 2.45) is 18.9 Å². The fraction of sp³-hybridized carbons (Fsp3) is 0.857. The summed E-state index contributed by atoms with van der Waals surface area (Å²) in [4.78, 5) is 2.04. The van der Waals surface area contributed by atoms with E-state index in [1.807, 2.05) is 4.90 Å². The van der Waals surface area contributed by atoms with Crippen LogP contribution in [0.3, 0.4) is 0 Å². The summed E-state index contributed by atoms with van der Waals surface area (Å²) in [6, 6.07) is 0. The van der Waals surface area contributed by atoms with Crippen LogP contribution < -0.4 is 4.90 Å². The first-order valence-electron chi connectivity index (χ1n) is 7.72. The molecule has 0 saturated carbocycles. The van der Waals surface area contributed by atoms with E-state index in [9.17, 15) is 13.2 Å². The largest absolute Gasteiger partial charge is 0.396 e. The smallest absolute Gasteiger partial charge is 0.381 e. The van der Waals surface area contributed by atoms with E-state index in [0.29, 0.717) is 17.8 Å². The fourth-order valence-corrected chi connectivity index (χ4v) is 3.46. The number of aromatic nitrogens is 3. The van der Waals surface area contributed by atoms with Gasteiger partial charge >= 0.3 is 6.18 Å². The standard InChI is InChI=1S/C14H21F3N4O/c1-20-12(8-14(15,16)17)18-19-13(20)21-5-2-10(3-6-21)11-4-7-22-9-11/h10-11H,2-9H2,1H3. The van der Waals surface area contributed by atoms with E-state index in [-0.39, 0.29) is 5.82 Å². The molecule has 0 aliphatic carbocycles. The van der Waals surface area contributed by atoms with Crippen LogP contribution in [0.2, 0.25) is 0 Å². The van der Waals surface area contributed by atoms with Gasteiger partial charge in [-0.3, -0.25) is 0 Å². The molecule has 1 aromatic rings. The van der Waals surface area contributed by atoms with Gasteiger partial charge in [-0.25, -0.2) is 0 Å². The number of alkyl halides is 3. The van der Waals surface area contributed by atoms with Crippen molar-refractivity contribution in [1.29, 1.82) is 0 Å². The van der Waals surface area contributed by atoms with Crippen molar-refractivity contribution in [3.63, 3.8) is 0 Å². The van der Waals surface area contributed by atoms with Crippen LogP contribution in [0.5, 0.6) is 0 Å². The number of anilines is 1. The first-order chi connectivity index (χ1) is 10.4. The highest BCUT2D eigenvalue weighted by atomic mass is 19.4. The molecule has 3 rings (SSSR count). The number of ether oxygens (including phenoxy) is 1. The van der Waals surface area contributed by atoms with Crippen LogP contribution in [-0.4, -0.2) is 47.2 Å². The van der Waals surface area contributed by atoms with Gasteiger partial charge in [0.1, 0.15) is 12.2 Å². The Morgan fingerprint density at radius 1 is 1.14 bits per heavy atom. The number of hydrogen-bond donors (Lipinski definition) is 0. The van der Waals surface area contributed by atoms with Crippen molar-refractivity contribution in [3.8, 4) is 0 Å². The van der Waals surface area contributed by atoms with Gasteiger partial charge in [-0.2, -0.15) is 13.2 Å². The van der Waals surface area contributed by atoms with E-state index in [0.717, 1.165) is 45.6 Å². The van der Waals surface area contributed by atoms with Crippen molar-refractivity contribution in [1.82, 2.24) is 14.8 Å². The maximum Gasteiger partial charge on any atom is 0.396 e. The van der Waals surface area contributed by atoms with Gasteiger partial charge in [0.15, 0.2) is 0 Å². The highest BCUT2D eigenvalue weighted by Gasteiger charge is 2.33. The fourth-order valence-electron chi connectivity index (χ4n) is 3.46. The molecule has 0 radical (unpaired) electrons. The quantitative estimate of drug-likeness (QED) is 0.857. The Labute approximate surface area is 127 Å². The topological polar surface area (TPSA) is 43.2 Å². The predicted octanol–water partition coefficient (Wildman–Crippen LogP) is 2.17. The first-order valence-corrected chi connectivity index (χ1v) is 7.72. The summed E-state index contributed by atoms with van der Waals surface area (Å²) in [5.74, 6) is 1.80. The summed E-state index contributed by atoms with van der Waals surface area (Å²) in [6.07, 6.45) is -2.09. The summed E-state index contributed by atoms with van der Waals surface area (Å²) < 4.78 is 44.4. The van der Waals surface area contributed by atoms with Gasteiger partial charge in [0, 0.05) is 33.4 Å². The Kier molecular flexibility index (Phi) is 4.29. The average Bonchev–Trinajstić information content (AvgIpc) is 3.09. The van der Waals surface area contributed by atoms with E-state index < -0.39 is 12.6 Å². The Morgan fingerprint density at radius 3 is 2.45 bits per heavy atom. The first kappa shape index (κ1) is 15.6. The van der Waals surface area contributed by atoms with Crippen LogP contribution in [-0.2, 0) is 18.2 Å². The molecule has 2 fully saturated rings. The highest BCUT2D eigenvalue weighted by molar-refractivity contribution is 5.31. The lowest BCUT2D eigenvalue weighted by molar-refractivity contribution is -0.128. The van der Waals surface area contributed by atoms with Gasteiger partial charge in [-0.1, -0.05) is 0 Å². The third-order valence-electron chi connectivity index (χ3n) is 4.75. The molecule has 3 heterocycles. The van der Waals surface area contributed by atoms with Gasteiger partial charge in [0.25, 0.3) is 0 Å². The third kappa shape index (κ3) is 3.37. The molecule has 124 valence electrons. The Morgan fingerprint density at radius 2 is 1.86 bits per heavy atom. The SMILES string of the molecule is Cn1c(CC(F)(F)F)nnc1N1CCC(C2CCOC2)CC1. The maximum atomic E-state index is 12.5. The Bertz CT molecular complexity index is 503. The second kappa shape index (κ2) is 6.06. The van der Waals surface area contributed by atoms with Gasteiger partial charge in [0.05, 0.1) is 0 Å². The lowest BCUT2D eigenvalue weighted by Crippen LogP contribution is -2.37. The predicted molar refractivity (Wildman–Crippen MR) is 74.6 cm³/mol. The van der Waals surface area contributed by atoms with Crippen LogP contribution >= 0.6 is 0 Å². The molecule has 0 N–H and O–H groups in total. The molecule has 0 aromatic carbocycles. The second-order valence-electron chi connectivity index (χ2n) is 6.22. The number of nitrogens with zero attached hydrogens (tertiary/aromatic N) is 4. The number of piperidine rings is 1. The van der Waals surface area contributed by atoms with Crippen molar-refractivity contribution in [2.45, 2.75) is 31.9 Å². The van der Waals surface area contributed by atoms with E-state index in [2.05, 4.69) is 10.2 Å². The van der Waals surface area contributed by atoms with Gasteiger partial charge in [-0.05, 0) is 31.1 Å². The molecular weight excluding hydrogens is 297 g/mol. The van der Waals surface area contributed by atoms with Crippen LogP contribution in [0, 0.1) is 11.8 Å². The van der Waals surface area contributed by atoms with Crippen LogP contribution in [0.4, 0.5) is 19.1 Å². The maximum absolute atomic E-state index is 12.5. The van der Waals surface area contributed by atoms with Crippen molar-refractivity contribution >= 4 is 5.95 Å². The van der Waals surface area contributed by atoms with Gasteiger partial charge < -0.3 is 14.2 Å². The molecule has 2 aliphatic rings. The van der Waals surface area contributed by atoms with Crippen molar-refractivity contribution in [3.05, 3.63) is 5.82 Å². The van der Waals surface area contributed by atoms with Crippen molar-refractivity contribution < 1.29 is 17.9 Å². The molecule has 5 nitrogen and oxygen atoms in total. The molecule has 8 heteroatoms. The molecule has 1 atom stereocenters. The van der Waals surface area contributed by atoms with Crippen LogP contribution in [0.1, 0.15) is 25.1 Å². The molecule has 2 saturated heterocycles. The Balaban J connectivity index is 1.61. The monoisotopic (exact) mass is 318 g/mol. The van der Waals surface area contributed by atoms with Crippen LogP contribution in [0.25, 0.3) is 0 Å². The summed E-state index contributed by atoms with van der Waals surface area (Å²) in [5.41, 5.74) is 0. The normalized spacial score (nSPS) is 24.2. The number of hydrogen-bond acceptors (Lipinski definition) is 4. The van der Waals surface area contributed by atoms with Crippen molar-refractivity contribution in [2.75, 3.05) is 31.2 Å². The molecule has 0 amide bonds. The number of halogens is 3. The average molecular weight is 318 g/mol. The molecule has 0 spiro atoms. The van der Waals surface area contributed by atoms with E-state index >= 15 is 0 Å². The zero-order valence-corrected chi connectivity index (χ0v) is 12.6. The highest BCUT2D eigenvalue weighted by Crippen LogP contribution is 2.32. The minimum Gasteiger partial charge on any atom is -0.381 e. The summed E-state index contributed by atoms with van der Waals surface area (Å²) in [7, 11) is 1.60. The molecule has 1 unspecified atom stereocenters. The second-order valence-corrected chi connectivity index (χ2v) is 6.22. The van der Waals surface area contributed by atoms with Gasteiger partial charge in [-0.15, -0.1) is 10.2 Å². The van der Waals surface area contributed by atoms with E-state index in [1.54, 1.807) is 7.05 Å². The Hall–Kier alpha value is -1.31. The lowest BCUT2D eigenvalue weighted by atomic mass is 9.84. The van der Waals surface area contributed by atoms with E-state index in [1.165, 1.54) is 4.57 Å². The third-order valence-corrected chi connectivity index (χ3v) is 4.75. The number of rotatable bonds is 3. The zero-order valence-electron chi connectivity index (χ0n) is 12.6. The molecular formula is C14H21F3N4O. The summed E-state index contributed by atoms with van der Waals surface area (Å²) in [6.45, 7) is 3.34. The van der Waals surface area contributed by atoms with Crippen LogP contribution in [0.15, 0.2) is 0 Å². The van der Waals surface area contributed by atoms with E-state index in [4.69, 9.17) is 4.74 Å². The minimum atomic E-state index is -4.26. The minimum absolute atomic E-state index is 0.0335. The summed E-state index contributed by atoms with van der Waals surface area (Å²) in [5, 5.41) is 7.66. The van der Waals surface area contributed by atoms with Gasteiger partial charge in [0.2, 0.25) is 5.95 Å².